The summed E-state index contributed by atoms with van der Waals surface area (Å²) in [5, 5.41) is 8.67. The van der Waals surface area contributed by atoms with Crippen LogP contribution in [0.2, 0.25) is 5.02 Å². The van der Waals surface area contributed by atoms with Gasteiger partial charge in [0.05, 0.1) is 0 Å². The van der Waals surface area contributed by atoms with Gasteiger partial charge in [0.15, 0.2) is 0 Å². The van der Waals surface area contributed by atoms with Crippen LogP contribution in [-0.2, 0) is 9.59 Å². The maximum Gasteiger partial charge on any atom is 0.328 e. The molecule has 0 radical (unpaired) electrons. The first kappa shape index (κ1) is 13.7. The van der Waals surface area contributed by atoms with E-state index in [9.17, 15) is 14.4 Å². The Bertz CT molecular complexity index is 514. The molecular weight excluding hydrogens is 260 g/mol. The molecule has 0 aliphatic heterocycles. The molecule has 0 fully saturated rings. The highest BCUT2D eigenvalue weighted by molar-refractivity contribution is 6.30. The van der Waals surface area contributed by atoms with Crippen LogP contribution >= 0.6 is 11.6 Å². The van der Waals surface area contributed by atoms with Crippen LogP contribution in [-0.4, -0.2) is 22.9 Å². The van der Waals surface area contributed by atoms with Crippen molar-refractivity contribution in [3.8, 4) is 0 Å². The Morgan fingerprint density at radius 2 is 1.89 bits per heavy atom. The Morgan fingerprint density at radius 3 is 2.50 bits per heavy atom. The molecule has 0 aromatic heterocycles. The highest BCUT2D eigenvalue weighted by Gasteiger charge is 2.06. The van der Waals surface area contributed by atoms with Gasteiger partial charge in [-0.05, 0) is 18.2 Å². The average Bonchev–Trinajstić information content (AvgIpc) is 2.33. The molecule has 0 aliphatic rings. The molecule has 0 unspecified atom stereocenters. The number of halogens is 1. The van der Waals surface area contributed by atoms with Crippen molar-refractivity contribution >= 4 is 29.4 Å². The van der Waals surface area contributed by atoms with Crippen molar-refractivity contribution in [1.82, 2.24) is 10.9 Å². The molecule has 1 aromatic rings. The first-order chi connectivity index (χ1) is 8.49. The van der Waals surface area contributed by atoms with E-state index in [1.54, 1.807) is 12.1 Å². The van der Waals surface area contributed by atoms with E-state index in [-0.39, 0.29) is 5.56 Å². The highest BCUT2D eigenvalue weighted by Crippen LogP contribution is 2.09. The number of hydrazine groups is 1. The fraction of sp³-hybridized carbons (Fsp3) is 0. The van der Waals surface area contributed by atoms with E-state index in [4.69, 9.17) is 16.7 Å². The van der Waals surface area contributed by atoms with Crippen LogP contribution in [0.4, 0.5) is 0 Å². The van der Waals surface area contributed by atoms with Gasteiger partial charge in [-0.25, -0.2) is 4.79 Å². The van der Waals surface area contributed by atoms with Crippen molar-refractivity contribution in [1.29, 1.82) is 0 Å². The first-order valence-electron chi connectivity index (χ1n) is 4.76. The highest BCUT2D eigenvalue weighted by atomic mass is 35.5. The predicted molar refractivity (Wildman–Crippen MR) is 63.8 cm³/mol. The maximum absolute atomic E-state index is 11.5. The number of carboxylic acids is 1. The van der Waals surface area contributed by atoms with Crippen LogP contribution in [0.5, 0.6) is 0 Å². The monoisotopic (exact) mass is 268 g/mol. The van der Waals surface area contributed by atoms with Gasteiger partial charge in [0.2, 0.25) is 0 Å². The van der Waals surface area contributed by atoms with Gasteiger partial charge in [-0.1, -0.05) is 17.7 Å². The molecule has 3 N–H and O–H groups in total. The van der Waals surface area contributed by atoms with Crippen molar-refractivity contribution in [2.24, 2.45) is 0 Å². The number of carbonyl (C=O) groups excluding carboxylic acids is 2. The van der Waals surface area contributed by atoms with Crippen LogP contribution in [0, 0.1) is 0 Å². The fourth-order valence-corrected chi connectivity index (χ4v) is 1.20. The molecule has 0 atom stereocenters. The van der Waals surface area contributed by atoms with Crippen LogP contribution < -0.4 is 10.9 Å². The lowest BCUT2D eigenvalue weighted by molar-refractivity contribution is -0.131. The number of aliphatic carboxylic acids is 1. The normalized spacial score (nSPS) is 10.1. The minimum atomic E-state index is -1.26. The SMILES string of the molecule is O=C(O)C=CC(=O)NNC(=O)c1cccc(Cl)c1. The van der Waals surface area contributed by atoms with Gasteiger partial charge in [-0.2, -0.15) is 0 Å². The quantitative estimate of drug-likeness (QED) is 0.557. The molecule has 0 saturated heterocycles. The number of benzene rings is 1. The van der Waals surface area contributed by atoms with Crippen molar-refractivity contribution in [2.75, 3.05) is 0 Å². The Hall–Kier alpha value is -2.34. The molecule has 94 valence electrons. The van der Waals surface area contributed by atoms with E-state index in [0.717, 1.165) is 6.08 Å². The second-order valence-corrected chi connectivity index (χ2v) is 3.56. The number of carboxylic acid groups (broad SMARTS) is 1. The lowest BCUT2D eigenvalue weighted by Gasteiger charge is -2.05. The first-order valence-corrected chi connectivity index (χ1v) is 5.13. The molecule has 18 heavy (non-hydrogen) atoms. The van der Waals surface area contributed by atoms with Gasteiger partial charge < -0.3 is 5.11 Å². The summed E-state index contributed by atoms with van der Waals surface area (Å²) in [6, 6.07) is 6.13. The maximum atomic E-state index is 11.5. The second-order valence-electron chi connectivity index (χ2n) is 3.13. The van der Waals surface area contributed by atoms with E-state index in [2.05, 4.69) is 5.43 Å². The van der Waals surface area contributed by atoms with Crippen molar-refractivity contribution in [3.05, 3.63) is 47.0 Å². The van der Waals surface area contributed by atoms with E-state index < -0.39 is 17.8 Å². The topological polar surface area (TPSA) is 95.5 Å². The Labute approximate surface area is 107 Å². The smallest absolute Gasteiger partial charge is 0.328 e. The average molecular weight is 269 g/mol. The Morgan fingerprint density at radius 1 is 1.17 bits per heavy atom. The van der Waals surface area contributed by atoms with Crippen LogP contribution in [0.25, 0.3) is 0 Å². The number of amides is 2. The van der Waals surface area contributed by atoms with Crippen molar-refractivity contribution in [2.45, 2.75) is 0 Å². The van der Waals surface area contributed by atoms with Crippen molar-refractivity contribution < 1.29 is 19.5 Å². The van der Waals surface area contributed by atoms with Gasteiger partial charge in [-0.3, -0.25) is 20.4 Å². The molecule has 6 nitrogen and oxygen atoms in total. The third-order valence-corrected chi connectivity index (χ3v) is 2.00. The molecule has 0 aliphatic carbocycles. The van der Waals surface area contributed by atoms with Crippen molar-refractivity contribution in [3.63, 3.8) is 0 Å². The summed E-state index contributed by atoms with van der Waals surface area (Å²) in [4.78, 5) is 32.7. The molecule has 0 bridgehead atoms. The summed E-state index contributed by atoms with van der Waals surface area (Å²) in [5.74, 6) is -2.58. The summed E-state index contributed by atoms with van der Waals surface area (Å²) in [5.41, 5.74) is 4.40. The van der Waals surface area contributed by atoms with E-state index in [0.29, 0.717) is 11.1 Å². The zero-order valence-electron chi connectivity index (χ0n) is 9.01. The molecule has 0 spiro atoms. The Balaban J connectivity index is 2.52. The van der Waals surface area contributed by atoms with Gasteiger partial charge >= 0.3 is 5.97 Å². The number of hydrogen-bond donors (Lipinski definition) is 3. The van der Waals surface area contributed by atoms with Gasteiger partial charge in [0.25, 0.3) is 11.8 Å². The van der Waals surface area contributed by atoms with Crippen LogP contribution in [0.1, 0.15) is 10.4 Å². The number of nitrogens with one attached hydrogen (secondary N) is 2. The summed E-state index contributed by atoms with van der Waals surface area (Å²) in [6.07, 6.45) is 1.43. The zero-order valence-corrected chi connectivity index (χ0v) is 9.77. The van der Waals surface area contributed by atoms with E-state index >= 15 is 0 Å². The number of hydrogen-bond acceptors (Lipinski definition) is 3. The zero-order chi connectivity index (χ0) is 13.5. The fourth-order valence-electron chi connectivity index (χ4n) is 1.01. The third-order valence-electron chi connectivity index (χ3n) is 1.76. The number of carbonyl (C=O) groups is 3. The predicted octanol–water partition coefficient (Wildman–Crippen LogP) is 0.742. The van der Waals surface area contributed by atoms with Gasteiger partial charge in [0.1, 0.15) is 0 Å². The lowest BCUT2D eigenvalue weighted by atomic mass is 10.2. The molecular formula is C11H9ClN2O4. The minimum Gasteiger partial charge on any atom is -0.478 e. The van der Waals surface area contributed by atoms with Crippen LogP contribution in [0.15, 0.2) is 36.4 Å². The van der Waals surface area contributed by atoms with Gasteiger partial charge in [-0.15, -0.1) is 0 Å². The minimum absolute atomic E-state index is 0.269. The van der Waals surface area contributed by atoms with E-state index in [1.807, 2.05) is 5.43 Å². The van der Waals surface area contributed by atoms with Gasteiger partial charge in [0, 0.05) is 22.7 Å². The van der Waals surface area contributed by atoms with Crippen LogP contribution in [0.3, 0.4) is 0 Å². The second kappa shape index (κ2) is 6.41. The largest absolute Gasteiger partial charge is 0.478 e. The van der Waals surface area contributed by atoms with E-state index in [1.165, 1.54) is 12.1 Å². The lowest BCUT2D eigenvalue weighted by Crippen LogP contribution is -2.40. The molecule has 1 aromatic carbocycles. The summed E-state index contributed by atoms with van der Waals surface area (Å²) < 4.78 is 0. The molecule has 2 amide bonds. The number of rotatable bonds is 3. The summed E-state index contributed by atoms with van der Waals surface area (Å²) in [7, 11) is 0. The molecule has 7 heteroatoms. The molecule has 0 saturated carbocycles. The Kier molecular flexibility index (Phi) is 4.89. The summed E-state index contributed by atoms with van der Waals surface area (Å²) in [6.45, 7) is 0. The molecule has 0 heterocycles. The standard InChI is InChI=1S/C11H9ClN2O4/c12-8-3-1-2-7(6-8)11(18)14-13-9(15)4-5-10(16)17/h1-6H,(H,13,15)(H,14,18)(H,16,17). The molecule has 1 rings (SSSR count). The third kappa shape index (κ3) is 4.67. The summed E-state index contributed by atoms with van der Waals surface area (Å²) >= 11 is 5.69.